The minimum absolute atomic E-state index is 0.380. The lowest BCUT2D eigenvalue weighted by Crippen LogP contribution is -2.56. The zero-order chi connectivity index (χ0) is 27.1. The molecule has 10 unspecified atom stereocenters. The predicted molar refractivity (Wildman–Crippen MR) is 123 cm³/mol. The number of aliphatic hydroxyl groups is 8. The minimum Gasteiger partial charge on any atom is -0.394 e. The van der Waals surface area contributed by atoms with Gasteiger partial charge in [0.25, 0.3) is 0 Å². The van der Waals surface area contributed by atoms with Crippen molar-refractivity contribution in [1.82, 2.24) is 30.0 Å². The molecule has 2 aliphatic rings. The van der Waals surface area contributed by atoms with E-state index in [0.29, 0.717) is 22.5 Å². The van der Waals surface area contributed by atoms with Crippen LogP contribution in [0.3, 0.4) is 0 Å². The summed E-state index contributed by atoms with van der Waals surface area (Å²) in [4.78, 5) is 0. The Labute approximate surface area is 214 Å². The third-order valence-electron chi connectivity index (χ3n) is 6.73. The van der Waals surface area contributed by atoms with E-state index >= 15 is 0 Å². The molecule has 2 fully saturated rings. The van der Waals surface area contributed by atoms with E-state index in [-0.39, 0.29) is 0 Å². The van der Waals surface area contributed by atoms with Gasteiger partial charge in [0.15, 0.2) is 12.5 Å². The highest BCUT2D eigenvalue weighted by molar-refractivity contribution is 5.68. The Morgan fingerprint density at radius 1 is 0.632 bits per heavy atom. The van der Waals surface area contributed by atoms with Gasteiger partial charge < -0.3 is 50.3 Å². The summed E-state index contributed by atoms with van der Waals surface area (Å²) in [6.45, 7) is -1.15. The normalized spacial score (nSPS) is 35.9. The van der Waals surface area contributed by atoms with Crippen LogP contribution in [0.2, 0.25) is 0 Å². The van der Waals surface area contributed by atoms with Gasteiger partial charge in [0.1, 0.15) is 60.2 Å². The summed E-state index contributed by atoms with van der Waals surface area (Å²) in [6.07, 6.45) is -10.8. The molecule has 0 saturated carbocycles. The fraction of sp³-hybridized carbons (Fsp3) is 0.545. The lowest BCUT2D eigenvalue weighted by molar-refractivity contribution is -0.254. The van der Waals surface area contributed by atoms with Crippen LogP contribution in [0.15, 0.2) is 36.7 Å². The predicted octanol–water partition coefficient (Wildman–Crippen LogP) is -3.85. The molecule has 0 spiro atoms. The Morgan fingerprint density at radius 2 is 1.05 bits per heavy atom. The van der Waals surface area contributed by atoms with Crippen LogP contribution in [0.25, 0.3) is 22.5 Å². The van der Waals surface area contributed by atoms with Crippen LogP contribution in [0, 0.1) is 0 Å². The molecule has 4 heterocycles. The van der Waals surface area contributed by atoms with Gasteiger partial charge in [0, 0.05) is 11.1 Å². The first kappa shape index (κ1) is 26.7. The molecule has 0 radical (unpaired) electrons. The Morgan fingerprint density at radius 3 is 1.45 bits per heavy atom. The first-order valence-electron chi connectivity index (χ1n) is 11.8. The van der Waals surface area contributed by atoms with Gasteiger partial charge >= 0.3 is 0 Å². The van der Waals surface area contributed by atoms with E-state index in [0.717, 1.165) is 0 Å². The van der Waals surface area contributed by atoms with Crippen LogP contribution in [0.4, 0.5) is 0 Å². The van der Waals surface area contributed by atoms with Gasteiger partial charge in [-0.15, -0.1) is 10.2 Å². The lowest BCUT2D eigenvalue weighted by Gasteiger charge is -2.39. The van der Waals surface area contributed by atoms with Crippen molar-refractivity contribution in [3.05, 3.63) is 36.7 Å². The molecule has 0 aliphatic carbocycles. The van der Waals surface area contributed by atoms with E-state index in [1.165, 1.54) is 21.8 Å². The van der Waals surface area contributed by atoms with E-state index in [2.05, 4.69) is 20.6 Å². The fourth-order valence-electron chi connectivity index (χ4n) is 4.51. The second kappa shape index (κ2) is 10.7. The molecule has 0 bridgehead atoms. The zero-order valence-corrected chi connectivity index (χ0v) is 19.7. The van der Waals surface area contributed by atoms with Crippen molar-refractivity contribution < 1.29 is 50.3 Å². The summed E-state index contributed by atoms with van der Waals surface area (Å²) in [6, 6.07) is 6.94. The number of nitrogens with zero attached hydrogens (tertiary/aromatic N) is 6. The number of aliphatic hydroxyl groups excluding tert-OH is 8. The van der Waals surface area contributed by atoms with Gasteiger partial charge in [-0.1, -0.05) is 28.6 Å². The fourth-order valence-corrected chi connectivity index (χ4v) is 4.51. The number of rotatable bonds is 6. The van der Waals surface area contributed by atoms with Gasteiger partial charge in [0.2, 0.25) is 0 Å². The Kier molecular flexibility index (Phi) is 7.51. The molecule has 2 aromatic heterocycles. The van der Waals surface area contributed by atoms with E-state index in [4.69, 9.17) is 9.47 Å². The second-order valence-electron chi connectivity index (χ2n) is 9.19. The maximum absolute atomic E-state index is 10.3. The summed E-state index contributed by atoms with van der Waals surface area (Å²) in [5.41, 5.74) is 1.96. The molecule has 38 heavy (non-hydrogen) atoms. The van der Waals surface area contributed by atoms with Crippen molar-refractivity contribution in [3.8, 4) is 22.5 Å². The largest absolute Gasteiger partial charge is 0.394 e. The summed E-state index contributed by atoms with van der Waals surface area (Å²) in [7, 11) is 0. The first-order valence-corrected chi connectivity index (χ1v) is 11.8. The number of aromatic nitrogens is 6. The standard InChI is InChI=1S/C22H28N6O10/c29-7-13-15(31)17(33)19(35)21(37-13)27-5-11(23-25-27)9-2-1-3-10(4-9)12-6-28(26-24-12)22-20(36)18(34)16(32)14(8-30)38-22/h1-6,13-22,29-36H,7-8H2. The van der Waals surface area contributed by atoms with Crippen LogP contribution >= 0.6 is 0 Å². The van der Waals surface area contributed by atoms with Crippen LogP contribution in [-0.4, -0.2) is 133 Å². The van der Waals surface area contributed by atoms with Gasteiger partial charge in [0.05, 0.1) is 25.6 Å². The molecule has 1 aromatic carbocycles. The highest BCUT2D eigenvalue weighted by Crippen LogP contribution is 2.31. The highest BCUT2D eigenvalue weighted by atomic mass is 16.6. The average molecular weight is 536 g/mol. The van der Waals surface area contributed by atoms with Crippen LogP contribution in [0.5, 0.6) is 0 Å². The first-order chi connectivity index (χ1) is 18.2. The highest BCUT2D eigenvalue weighted by Gasteiger charge is 2.46. The number of ether oxygens (including phenoxy) is 2. The summed E-state index contributed by atoms with van der Waals surface area (Å²) in [5.74, 6) is 0. The van der Waals surface area contributed by atoms with Crippen LogP contribution in [0.1, 0.15) is 12.5 Å². The monoisotopic (exact) mass is 536 g/mol. The van der Waals surface area contributed by atoms with Crippen molar-refractivity contribution in [2.24, 2.45) is 0 Å². The van der Waals surface area contributed by atoms with E-state index < -0.39 is 74.5 Å². The topological polar surface area (TPSA) is 242 Å². The van der Waals surface area contributed by atoms with Crippen molar-refractivity contribution in [3.63, 3.8) is 0 Å². The van der Waals surface area contributed by atoms with E-state index in [9.17, 15) is 40.9 Å². The van der Waals surface area contributed by atoms with Gasteiger partial charge in [-0.2, -0.15) is 0 Å². The van der Waals surface area contributed by atoms with Gasteiger partial charge in [-0.3, -0.25) is 0 Å². The molecule has 16 heteroatoms. The summed E-state index contributed by atoms with van der Waals surface area (Å²) in [5, 5.41) is 95.7. The molecule has 2 saturated heterocycles. The minimum atomic E-state index is -1.56. The third-order valence-corrected chi connectivity index (χ3v) is 6.73. The number of hydrogen-bond acceptors (Lipinski definition) is 14. The van der Waals surface area contributed by atoms with Crippen molar-refractivity contribution in [1.29, 1.82) is 0 Å². The van der Waals surface area contributed by atoms with Crippen LogP contribution in [-0.2, 0) is 9.47 Å². The average Bonchev–Trinajstić information content (AvgIpc) is 3.62. The second-order valence-corrected chi connectivity index (χ2v) is 9.19. The third kappa shape index (κ3) is 4.71. The molecule has 0 amide bonds. The Hall–Kier alpha value is -2.90. The lowest BCUT2D eigenvalue weighted by atomic mass is 9.98. The van der Waals surface area contributed by atoms with Crippen LogP contribution < -0.4 is 0 Å². The van der Waals surface area contributed by atoms with Crippen molar-refractivity contribution in [2.75, 3.05) is 13.2 Å². The maximum atomic E-state index is 10.3. The molecule has 16 nitrogen and oxygen atoms in total. The number of benzene rings is 1. The number of hydrogen-bond donors (Lipinski definition) is 8. The van der Waals surface area contributed by atoms with E-state index in [1.807, 2.05) is 0 Å². The zero-order valence-electron chi connectivity index (χ0n) is 19.7. The summed E-state index contributed by atoms with van der Waals surface area (Å²) >= 11 is 0. The molecule has 2 aliphatic heterocycles. The molecule has 8 N–H and O–H groups in total. The molecular formula is C22H28N6O10. The Bertz CT molecular complexity index is 1150. The molecule has 3 aromatic rings. The van der Waals surface area contributed by atoms with Crippen molar-refractivity contribution >= 4 is 0 Å². The van der Waals surface area contributed by atoms with Gasteiger partial charge in [-0.25, -0.2) is 9.36 Å². The molecule has 5 rings (SSSR count). The van der Waals surface area contributed by atoms with Gasteiger partial charge in [-0.05, 0) is 6.07 Å². The van der Waals surface area contributed by atoms with E-state index in [1.54, 1.807) is 24.3 Å². The van der Waals surface area contributed by atoms with Crippen molar-refractivity contribution in [2.45, 2.75) is 61.3 Å². The summed E-state index contributed by atoms with van der Waals surface area (Å²) < 4.78 is 13.4. The molecule has 206 valence electrons. The SMILES string of the molecule is OCC1OC(n2cc(-c3cccc(-c4cn(C5OC(CO)C(O)C(O)C5O)nn4)c3)nn2)C(O)C(O)C1O. The maximum Gasteiger partial charge on any atom is 0.180 e. The molecular weight excluding hydrogens is 508 g/mol. The molecule has 10 atom stereocenters. The Balaban J connectivity index is 1.36. The smallest absolute Gasteiger partial charge is 0.180 e. The quantitative estimate of drug-likeness (QED) is 0.150.